The summed E-state index contributed by atoms with van der Waals surface area (Å²) in [6.45, 7) is 10.5. The van der Waals surface area contributed by atoms with E-state index in [9.17, 15) is 0 Å². The van der Waals surface area contributed by atoms with Gasteiger partial charge in [0.05, 0.1) is 12.2 Å². The molecule has 5 nitrogen and oxygen atoms in total. The van der Waals surface area contributed by atoms with E-state index < -0.39 is 0 Å². The molecule has 0 aliphatic carbocycles. The monoisotopic (exact) mass is 391 g/mol. The molecule has 0 unspecified atom stereocenters. The van der Waals surface area contributed by atoms with Gasteiger partial charge in [0.15, 0.2) is 5.96 Å². The van der Waals surface area contributed by atoms with Gasteiger partial charge in [0.2, 0.25) is 0 Å². The predicted octanol–water partition coefficient (Wildman–Crippen LogP) is 3.36. The van der Waals surface area contributed by atoms with Crippen LogP contribution < -0.4 is 10.6 Å². The SMILES string of the molecule is CCNC(=NCc1ccc(Br)cc1C)NCc1c(C)nn(C)c1C. The molecule has 0 fully saturated rings. The molecule has 0 radical (unpaired) electrons. The van der Waals surface area contributed by atoms with Crippen LogP contribution in [-0.4, -0.2) is 22.3 Å². The third-order valence-corrected chi connectivity index (χ3v) is 4.64. The summed E-state index contributed by atoms with van der Waals surface area (Å²) in [6, 6.07) is 6.29. The minimum atomic E-state index is 0.652. The summed E-state index contributed by atoms with van der Waals surface area (Å²) in [5.74, 6) is 0.822. The third kappa shape index (κ3) is 4.60. The van der Waals surface area contributed by atoms with Gasteiger partial charge >= 0.3 is 0 Å². The summed E-state index contributed by atoms with van der Waals surface area (Å²) in [6.07, 6.45) is 0. The topological polar surface area (TPSA) is 54.2 Å². The summed E-state index contributed by atoms with van der Waals surface area (Å²) in [5, 5.41) is 11.2. The fourth-order valence-corrected chi connectivity index (χ4v) is 3.06. The van der Waals surface area contributed by atoms with Crippen molar-refractivity contribution in [1.29, 1.82) is 0 Å². The van der Waals surface area contributed by atoms with Crippen molar-refractivity contribution in [2.75, 3.05) is 6.54 Å². The zero-order chi connectivity index (χ0) is 17.7. The van der Waals surface area contributed by atoms with Crippen LogP contribution in [0.3, 0.4) is 0 Å². The summed E-state index contributed by atoms with van der Waals surface area (Å²) in [5.41, 5.74) is 5.93. The van der Waals surface area contributed by atoms with E-state index in [0.717, 1.165) is 29.2 Å². The lowest BCUT2D eigenvalue weighted by Crippen LogP contribution is -2.37. The molecule has 0 bridgehead atoms. The Kier molecular flexibility index (Phi) is 6.43. The van der Waals surface area contributed by atoms with Crippen LogP contribution in [0.1, 0.15) is 35.0 Å². The van der Waals surface area contributed by atoms with Crippen LogP contribution in [0.15, 0.2) is 27.7 Å². The van der Waals surface area contributed by atoms with Crippen LogP contribution in [0.4, 0.5) is 0 Å². The lowest BCUT2D eigenvalue weighted by Gasteiger charge is -2.12. The molecule has 24 heavy (non-hydrogen) atoms. The van der Waals surface area contributed by atoms with E-state index >= 15 is 0 Å². The Labute approximate surface area is 152 Å². The summed E-state index contributed by atoms with van der Waals surface area (Å²) < 4.78 is 3.02. The van der Waals surface area contributed by atoms with E-state index in [1.54, 1.807) is 0 Å². The zero-order valence-corrected chi connectivity index (χ0v) is 16.7. The highest BCUT2D eigenvalue weighted by atomic mass is 79.9. The normalized spacial score (nSPS) is 11.7. The van der Waals surface area contributed by atoms with Gasteiger partial charge in [-0.05, 0) is 51.0 Å². The van der Waals surface area contributed by atoms with Crippen molar-refractivity contribution in [2.24, 2.45) is 12.0 Å². The molecule has 0 amide bonds. The van der Waals surface area contributed by atoms with E-state index in [4.69, 9.17) is 4.99 Å². The number of nitrogens with one attached hydrogen (secondary N) is 2. The molecule has 0 atom stereocenters. The van der Waals surface area contributed by atoms with E-state index in [1.165, 1.54) is 22.4 Å². The Hall–Kier alpha value is -1.82. The average molecular weight is 392 g/mol. The average Bonchev–Trinajstić information content (AvgIpc) is 2.77. The van der Waals surface area contributed by atoms with Crippen LogP contribution >= 0.6 is 15.9 Å². The van der Waals surface area contributed by atoms with Crippen molar-refractivity contribution < 1.29 is 0 Å². The molecule has 1 aromatic heterocycles. The number of aromatic nitrogens is 2. The number of guanidine groups is 1. The second-order valence-corrected chi connectivity index (χ2v) is 6.81. The Morgan fingerprint density at radius 3 is 2.58 bits per heavy atom. The molecular formula is C18H26BrN5. The molecule has 2 N–H and O–H groups in total. The third-order valence-electron chi connectivity index (χ3n) is 4.15. The van der Waals surface area contributed by atoms with Gasteiger partial charge in [-0.3, -0.25) is 4.68 Å². The van der Waals surface area contributed by atoms with Gasteiger partial charge in [0.25, 0.3) is 0 Å². The molecule has 0 saturated carbocycles. The number of aryl methyl sites for hydroxylation is 3. The predicted molar refractivity (Wildman–Crippen MR) is 103 cm³/mol. The highest BCUT2D eigenvalue weighted by Gasteiger charge is 2.09. The van der Waals surface area contributed by atoms with Crippen LogP contribution in [0, 0.1) is 20.8 Å². The first-order valence-electron chi connectivity index (χ1n) is 8.18. The Balaban J connectivity index is 2.08. The van der Waals surface area contributed by atoms with Crippen molar-refractivity contribution in [2.45, 2.75) is 40.8 Å². The lowest BCUT2D eigenvalue weighted by atomic mass is 10.1. The maximum Gasteiger partial charge on any atom is 0.191 e. The Morgan fingerprint density at radius 2 is 2.00 bits per heavy atom. The largest absolute Gasteiger partial charge is 0.357 e. The van der Waals surface area contributed by atoms with Crippen molar-refractivity contribution >= 4 is 21.9 Å². The van der Waals surface area contributed by atoms with Gasteiger partial charge in [-0.25, -0.2) is 4.99 Å². The summed E-state index contributed by atoms with van der Waals surface area (Å²) in [7, 11) is 1.97. The summed E-state index contributed by atoms with van der Waals surface area (Å²) >= 11 is 3.50. The van der Waals surface area contributed by atoms with Crippen LogP contribution in [0.25, 0.3) is 0 Å². The van der Waals surface area contributed by atoms with Gasteiger partial charge in [-0.15, -0.1) is 0 Å². The first-order chi connectivity index (χ1) is 11.4. The van der Waals surface area contributed by atoms with E-state index in [0.29, 0.717) is 6.54 Å². The standard InChI is InChI=1S/C18H26BrN5/c1-6-20-18(21-10-15-7-8-16(19)9-12(15)2)22-11-17-13(3)23-24(5)14(17)4/h7-9H,6,10-11H2,1-5H3,(H2,20,21,22). The first-order valence-corrected chi connectivity index (χ1v) is 8.98. The molecule has 6 heteroatoms. The highest BCUT2D eigenvalue weighted by molar-refractivity contribution is 9.10. The van der Waals surface area contributed by atoms with Crippen molar-refractivity contribution in [3.05, 3.63) is 50.8 Å². The van der Waals surface area contributed by atoms with Gasteiger partial charge in [-0.2, -0.15) is 5.10 Å². The van der Waals surface area contributed by atoms with E-state index in [-0.39, 0.29) is 0 Å². The molecule has 1 heterocycles. The van der Waals surface area contributed by atoms with Crippen LogP contribution in [0.2, 0.25) is 0 Å². The molecule has 0 aliphatic heterocycles. The zero-order valence-electron chi connectivity index (χ0n) is 15.1. The molecule has 2 rings (SSSR count). The highest BCUT2D eigenvalue weighted by Crippen LogP contribution is 2.16. The Bertz CT molecular complexity index is 733. The summed E-state index contributed by atoms with van der Waals surface area (Å²) in [4.78, 5) is 4.71. The van der Waals surface area contributed by atoms with Crippen molar-refractivity contribution in [3.8, 4) is 0 Å². The number of hydrogen-bond acceptors (Lipinski definition) is 2. The van der Waals surface area contributed by atoms with Gasteiger partial charge < -0.3 is 10.6 Å². The lowest BCUT2D eigenvalue weighted by molar-refractivity contribution is 0.728. The maximum atomic E-state index is 4.71. The molecule has 1 aromatic carbocycles. The molecule has 0 aliphatic rings. The van der Waals surface area contributed by atoms with Gasteiger partial charge in [-0.1, -0.05) is 22.0 Å². The number of benzene rings is 1. The molecule has 2 aromatic rings. The fourth-order valence-electron chi connectivity index (χ4n) is 2.59. The van der Waals surface area contributed by atoms with Crippen molar-refractivity contribution in [1.82, 2.24) is 20.4 Å². The first kappa shape index (κ1) is 18.5. The second-order valence-electron chi connectivity index (χ2n) is 5.89. The maximum absolute atomic E-state index is 4.71. The Morgan fingerprint density at radius 1 is 1.25 bits per heavy atom. The quantitative estimate of drug-likeness (QED) is 0.606. The van der Waals surface area contributed by atoms with Crippen molar-refractivity contribution in [3.63, 3.8) is 0 Å². The van der Waals surface area contributed by atoms with Crippen LogP contribution in [0.5, 0.6) is 0 Å². The molecule has 0 saturated heterocycles. The van der Waals surface area contributed by atoms with E-state index in [1.807, 2.05) is 18.7 Å². The fraction of sp³-hybridized carbons (Fsp3) is 0.444. The van der Waals surface area contributed by atoms with Crippen LogP contribution in [-0.2, 0) is 20.1 Å². The number of halogens is 1. The number of rotatable bonds is 5. The van der Waals surface area contributed by atoms with Gasteiger partial charge in [0.1, 0.15) is 0 Å². The minimum absolute atomic E-state index is 0.652. The van der Waals surface area contributed by atoms with E-state index in [2.05, 4.69) is 70.6 Å². The molecular weight excluding hydrogens is 366 g/mol. The number of aliphatic imine (C=N–C) groups is 1. The smallest absolute Gasteiger partial charge is 0.191 e. The molecule has 0 spiro atoms. The number of nitrogens with zero attached hydrogens (tertiary/aromatic N) is 3. The minimum Gasteiger partial charge on any atom is -0.357 e. The number of hydrogen-bond donors (Lipinski definition) is 2. The van der Waals surface area contributed by atoms with Gasteiger partial charge in [0, 0.05) is 35.9 Å². The second kappa shape index (κ2) is 8.33. The molecule has 130 valence electrons.